The second-order valence-corrected chi connectivity index (χ2v) is 5.54. The summed E-state index contributed by atoms with van der Waals surface area (Å²) in [5.74, 6) is 0. The van der Waals surface area contributed by atoms with Gasteiger partial charge in [0.15, 0.2) is 0 Å². The number of hydrogen-bond acceptors (Lipinski definition) is 1. The van der Waals surface area contributed by atoms with Crippen molar-refractivity contribution in [3.63, 3.8) is 0 Å². The van der Waals surface area contributed by atoms with Crippen molar-refractivity contribution in [1.29, 1.82) is 0 Å². The van der Waals surface area contributed by atoms with E-state index in [9.17, 15) is 0 Å². The number of rotatable bonds is 2. The lowest BCUT2D eigenvalue weighted by Crippen LogP contribution is -1.87. The van der Waals surface area contributed by atoms with Crippen molar-refractivity contribution in [2.75, 3.05) is 5.73 Å². The van der Waals surface area contributed by atoms with Crippen molar-refractivity contribution in [1.82, 2.24) is 0 Å². The SMILES string of the molecule is Nc1ccc(Br)c(-c2ccc(-c3ccccc3)cc2)c1. The minimum atomic E-state index is 0.773. The van der Waals surface area contributed by atoms with Gasteiger partial charge in [0.1, 0.15) is 0 Å². The van der Waals surface area contributed by atoms with Gasteiger partial charge in [-0.05, 0) is 40.5 Å². The molecule has 0 fully saturated rings. The Labute approximate surface area is 127 Å². The predicted molar refractivity (Wildman–Crippen MR) is 89.4 cm³/mol. The molecule has 20 heavy (non-hydrogen) atoms. The van der Waals surface area contributed by atoms with Crippen LogP contribution in [0.2, 0.25) is 0 Å². The van der Waals surface area contributed by atoms with Crippen LogP contribution in [0.4, 0.5) is 5.69 Å². The number of nitrogens with two attached hydrogens (primary N) is 1. The summed E-state index contributed by atoms with van der Waals surface area (Å²) in [6.07, 6.45) is 0. The van der Waals surface area contributed by atoms with E-state index in [1.807, 2.05) is 24.3 Å². The fraction of sp³-hybridized carbons (Fsp3) is 0. The number of benzene rings is 3. The maximum Gasteiger partial charge on any atom is 0.0321 e. The highest BCUT2D eigenvalue weighted by atomic mass is 79.9. The van der Waals surface area contributed by atoms with Gasteiger partial charge in [-0.1, -0.05) is 70.5 Å². The highest BCUT2D eigenvalue weighted by Gasteiger charge is 2.04. The quantitative estimate of drug-likeness (QED) is 0.631. The summed E-state index contributed by atoms with van der Waals surface area (Å²) >= 11 is 3.58. The van der Waals surface area contributed by atoms with E-state index in [1.54, 1.807) is 0 Å². The van der Waals surface area contributed by atoms with Gasteiger partial charge in [0.25, 0.3) is 0 Å². The molecule has 98 valence electrons. The fourth-order valence-electron chi connectivity index (χ4n) is 2.24. The third-order valence-corrected chi connectivity index (χ3v) is 3.98. The molecule has 2 N–H and O–H groups in total. The van der Waals surface area contributed by atoms with Crippen LogP contribution in [0.1, 0.15) is 0 Å². The Morgan fingerprint density at radius 1 is 0.650 bits per heavy atom. The van der Waals surface area contributed by atoms with Crippen LogP contribution in [-0.4, -0.2) is 0 Å². The van der Waals surface area contributed by atoms with Crippen LogP contribution in [0.5, 0.6) is 0 Å². The highest BCUT2D eigenvalue weighted by molar-refractivity contribution is 9.10. The molecule has 0 bridgehead atoms. The van der Waals surface area contributed by atoms with E-state index >= 15 is 0 Å². The van der Waals surface area contributed by atoms with Gasteiger partial charge in [-0.3, -0.25) is 0 Å². The number of halogens is 1. The zero-order valence-corrected chi connectivity index (χ0v) is 12.5. The average Bonchev–Trinajstić information content (AvgIpc) is 2.51. The number of nitrogen functional groups attached to an aromatic ring is 1. The van der Waals surface area contributed by atoms with Gasteiger partial charge < -0.3 is 5.73 Å². The first-order chi connectivity index (χ1) is 9.74. The van der Waals surface area contributed by atoms with Crippen LogP contribution < -0.4 is 5.73 Å². The van der Waals surface area contributed by atoms with Crippen molar-refractivity contribution >= 4 is 21.6 Å². The number of anilines is 1. The normalized spacial score (nSPS) is 10.4. The van der Waals surface area contributed by atoms with Gasteiger partial charge in [-0.15, -0.1) is 0 Å². The third-order valence-electron chi connectivity index (χ3n) is 3.29. The van der Waals surface area contributed by atoms with Crippen molar-refractivity contribution in [3.05, 3.63) is 77.3 Å². The fourth-order valence-corrected chi connectivity index (χ4v) is 2.71. The zero-order chi connectivity index (χ0) is 13.9. The monoisotopic (exact) mass is 323 g/mol. The Morgan fingerprint density at radius 3 is 1.95 bits per heavy atom. The van der Waals surface area contributed by atoms with Crippen LogP contribution in [-0.2, 0) is 0 Å². The molecule has 0 aliphatic carbocycles. The van der Waals surface area contributed by atoms with Crippen LogP contribution in [0.15, 0.2) is 77.3 Å². The molecule has 2 heteroatoms. The van der Waals surface area contributed by atoms with Gasteiger partial charge in [0, 0.05) is 10.2 Å². The lowest BCUT2D eigenvalue weighted by molar-refractivity contribution is 1.56. The summed E-state index contributed by atoms with van der Waals surface area (Å²) in [6.45, 7) is 0. The Hall–Kier alpha value is -2.06. The minimum Gasteiger partial charge on any atom is -0.399 e. The van der Waals surface area contributed by atoms with Gasteiger partial charge in [0.2, 0.25) is 0 Å². The van der Waals surface area contributed by atoms with E-state index in [1.165, 1.54) is 11.1 Å². The topological polar surface area (TPSA) is 26.0 Å². The van der Waals surface area contributed by atoms with E-state index in [4.69, 9.17) is 5.73 Å². The molecule has 0 atom stereocenters. The molecule has 0 saturated heterocycles. The first-order valence-corrected chi connectivity index (χ1v) is 7.24. The molecule has 1 nitrogen and oxygen atoms in total. The molecule has 3 rings (SSSR count). The highest BCUT2D eigenvalue weighted by Crippen LogP contribution is 2.31. The maximum atomic E-state index is 5.86. The average molecular weight is 324 g/mol. The molecule has 0 amide bonds. The van der Waals surface area contributed by atoms with Crippen LogP contribution >= 0.6 is 15.9 Å². The third kappa shape index (κ3) is 2.61. The van der Waals surface area contributed by atoms with Gasteiger partial charge in [-0.25, -0.2) is 0 Å². The van der Waals surface area contributed by atoms with E-state index in [0.717, 1.165) is 21.3 Å². The summed E-state index contributed by atoms with van der Waals surface area (Å²) in [5, 5.41) is 0. The lowest BCUT2D eigenvalue weighted by atomic mass is 10.0. The smallest absolute Gasteiger partial charge is 0.0321 e. The van der Waals surface area contributed by atoms with Crippen molar-refractivity contribution < 1.29 is 0 Å². The molecule has 0 heterocycles. The molecule has 0 radical (unpaired) electrons. The Morgan fingerprint density at radius 2 is 1.25 bits per heavy atom. The van der Waals surface area contributed by atoms with Crippen LogP contribution in [0.3, 0.4) is 0 Å². The Bertz CT molecular complexity index is 718. The summed E-state index contributed by atoms with van der Waals surface area (Å²) in [6, 6.07) is 24.8. The van der Waals surface area contributed by atoms with E-state index in [2.05, 4.69) is 64.5 Å². The first kappa shape index (κ1) is 12.9. The van der Waals surface area contributed by atoms with Crippen LogP contribution in [0.25, 0.3) is 22.3 Å². The lowest BCUT2D eigenvalue weighted by Gasteiger charge is -2.08. The van der Waals surface area contributed by atoms with Gasteiger partial charge in [-0.2, -0.15) is 0 Å². The number of hydrogen-bond donors (Lipinski definition) is 1. The maximum absolute atomic E-state index is 5.86. The summed E-state index contributed by atoms with van der Waals surface area (Å²) in [5.41, 5.74) is 11.4. The molecule has 0 saturated carbocycles. The van der Waals surface area contributed by atoms with E-state index in [-0.39, 0.29) is 0 Å². The molecular weight excluding hydrogens is 310 g/mol. The molecule has 0 aliphatic rings. The van der Waals surface area contributed by atoms with Crippen LogP contribution in [0, 0.1) is 0 Å². The predicted octanol–water partition coefficient (Wildman–Crippen LogP) is 5.37. The minimum absolute atomic E-state index is 0.773. The van der Waals surface area contributed by atoms with Gasteiger partial charge in [0.05, 0.1) is 0 Å². The van der Waals surface area contributed by atoms with E-state index < -0.39 is 0 Å². The first-order valence-electron chi connectivity index (χ1n) is 6.45. The van der Waals surface area contributed by atoms with Crippen molar-refractivity contribution in [2.24, 2.45) is 0 Å². The van der Waals surface area contributed by atoms with E-state index in [0.29, 0.717) is 0 Å². The largest absolute Gasteiger partial charge is 0.399 e. The van der Waals surface area contributed by atoms with Crippen molar-refractivity contribution in [2.45, 2.75) is 0 Å². The Kier molecular flexibility index (Phi) is 3.57. The molecule has 3 aromatic carbocycles. The second kappa shape index (κ2) is 5.51. The molecule has 0 aromatic heterocycles. The zero-order valence-electron chi connectivity index (χ0n) is 10.9. The summed E-state index contributed by atoms with van der Waals surface area (Å²) in [4.78, 5) is 0. The Balaban J connectivity index is 2.00. The molecule has 0 spiro atoms. The molecule has 0 unspecified atom stereocenters. The summed E-state index contributed by atoms with van der Waals surface area (Å²) < 4.78 is 1.05. The molecule has 3 aromatic rings. The molecular formula is C18H14BrN. The molecule has 0 aliphatic heterocycles. The summed E-state index contributed by atoms with van der Waals surface area (Å²) in [7, 11) is 0. The second-order valence-electron chi connectivity index (χ2n) is 4.68. The van der Waals surface area contributed by atoms with Gasteiger partial charge >= 0.3 is 0 Å². The van der Waals surface area contributed by atoms with Crippen molar-refractivity contribution in [3.8, 4) is 22.3 Å². The standard InChI is InChI=1S/C18H14BrN/c19-18-11-10-16(20)12-17(18)15-8-6-14(7-9-15)13-4-2-1-3-5-13/h1-12H,20H2.